The summed E-state index contributed by atoms with van der Waals surface area (Å²) in [6.45, 7) is 1.51. The highest BCUT2D eigenvalue weighted by atomic mass is 32.2. The van der Waals surface area contributed by atoms with Crippen LogP contribution >= 0.6 is 0 Å². The smallest absolute Gasteiger partial charge is 0.243 e. The van der Waals surface area contributed by atoms with Crippen molar-refractivity contribution < 1.29 is 17.5 Å². The molecule has 2 N–H and O–H groups in total. The summed E-state index contributed by atoms with van der Waals surface area (Å²) >= 11 is 0. The van der Waals surface area contributed by atoms with Crippen LogP contribution in [-0.2, 0) is 21.3 Å². The Labute approximate surface area is 124 Å². The fourth-order valence-corrected chi connectivity index (χ4v) is 4.05. The van der Waals surface area contributed by atoms with Crippen LogP contribution < -0.4 is 5.73 Å². The normalized spacial score (nSPS) is 19.9. The fourth-order valence-electron chi connectivity index (χ4n) is 2.56. The van der Waals surface area contributed by atoms with Crippen LogP contribution in [0.1, 0.15) is 18.4 Å². The van der Waals surface area contributed by atoms with Gasteiger partial charge < -0.3 is 10.5 Å². The largest absolute Gasteiger partial charge is 0.381 e. The third-order valence-corrected chi connectivity index (χ3v) is 5.65. The van der Waals surface area contributed by atoms with Crippen LogP contribution in [0.2, 0.25) is 0 Å². The average molecular weight is 316 g/mol. The van der Waals surface area contributed by atoms with Crippen molar-refractivity contribution in [2.24, 2.45) is 11.7 Å². The van der Waals surface area contributed by atoms with Crippen molar-refractivity contribution in [2.45, 2.75) is 24.3 Å². The van der Waals surface area contributed by atoms with Crippen molar-refractivity contribution in [1.29, 1.82) is 0 Å². The summed E-state index contributed by atoms with van der Waals surface area (Å²) in [6.07, 6.45) is 1.87. The molecule has 118 valence electrons. The maximum atomic E-state index is 13.7. The number of nitrogens with zero attached hydrogens (tertiary/aromatic N) is 1. The monoisotopic (exact) mass is 316 g/mol. The highest BCUT2D eigenvalue weighted by Gasteiger charge is 2.27. The third kappa shape index (κ3) is 3.60. The molecule has 0 bridgehead atoms. The highest BCUT2D eigenvalue weighted by Crippen LogP contribution is 2.23. The topological polar surface area (TPSA) is 72.6 Å². The van der Waals surface area contributed by atoms with Gasteiger partial charge in [-0.1, -0.05) is 6.07 Å². The molecule has 1 aliphatic rings. The lowest BCUT2D eigenvalue weighted by atomic mass is 10.0. The number of rotatable bonds is 5. The van der Waals surface area contributed by atoms with E-state index in [1.54, 1.807) is 0 Å². The zero-order chi connectivity index (χ0) is 15.5. The lowest BCUT2D eigenvalue weighted by Crippen LogP contribution is -2.35. The minimum atomic E-state index is -3.75. The van der Waals surface area contributed by atoms with Crippen LogP contribution in [0.25, 0.3) is 0 Å². The van der Waals surface area contributed by atoms with E-state index in [1.165, 1.54) is 29.6 Å². The molecule has 7 heteroatoms. The second-order valence-corrected chi connectivity index (χ2v) is 7.30. The first-order valence-corrected chi connectivity index (χ1v) is 8.42. The van der Waals surface area contributed by atoms with Crippen LogP contribution in [0, 0.1) is 11.7 Å². The molecule has 21 heavy (non-hydrogen) atoms. The number of hydrogen-bond donors (Lipinski definition) is 1. The van der Waals surface area contributed by atoms with E-state index in [4.69, 9.17) is 10.5 Å². The molecule has 0 aliphatic carbocycles. The molecule has 0 saturated carbocycles. The van der Waals surface area contributed by atoms with E-state index in [2.05, 4.69) is 0 Å². The van der Waals surface area contributed by atoms with E-state index < -0.39 is 15.8 Å². The molecule has 1 heterocycles. The first-order chi connectivity index (χ1) is 9.96. The SMILES string of the molecule is CN(CC1CCCOC1)S(=O)(=O)c1cccc(F)c1CN. The number of hydrogen-bond acceptors (Lipinski definition) is 4. The van der Waals surface area contributed by atoms with Gasteiger partial charge in [-0.3, -0.25) is 0 Å². The van der Waals surface area contributed by atoms with E-state index in [1.807, 2.05) is 0 Å². The van der Waals surface area contributed by atoms with Crippen LogP contribution in [0.5, 0.6) is 0 Å². The van der Waals surface area contributed by atoms with Crippen molar-refractivity contribution in [3.63, 3.8) is 0 Å². The van der Waals surface area contributed by atoms with Crippen LogP contribution in [-0.4, -0.2) is 39.5 Å². The summed E-state index contributed by atoms with van der Waals surface area (Å²) in [5.74, 6) is -0.415. The van der Waals surface area contributed by atoms with E-state index >= 15 is 0 Å². The summed E-state index contributed by atoms with van der Waals surface area (Å²) in [4.78, 5) is -0.0516. The summed E-state index contributed by atoms with van der Waals surface area (Å²) in [6, 6.07) is 4.00. The lowest BCUT2D eigenvalue weighted by molar-refractivity contribution is 0.0495. The zero-order valence-electron chi connectivity index (χ0n) is 12.1. The van der Waals surface area contributed by atoms with E-state index in [0.717, 1.165) is 19.4 Å². The van der Waals surface area contributed by atoms with Gasteiger partial charge in [-0.25, -0.2) is 17.1 Å². The minimum absolute atomic E-state index is 0.0317. The van der Waals surface area contributed by atoms with Crippen molar-refractivity contribution in [2.75, 3.05) is 26.8 Å². The van der Waals surface area contributed by atoms with Gasteiger partial charge in [-0.15, -0.1) is 0 Å². The number of nitrogens with two attached hydrogens (primary N) is 1. The zero-order valence-corrected chi connectivity index (χ0v) is 12.9. The van der Waals surface area contributed by atoms with E-state index in [9.17, 15) is 12.8 Å². The Hall–Kier alpha value is -1.02. The van der Waals surface area contributed by atoms with E-state index in [0.29, 0.717) is 13.2 Å². The Bertz CT molecular complexity index is 586. The number of halogens is 1. The van der Waals surface area contributed by atoms with Gasteiger partial charge in [0, 0.05) is 32.3 Å². The van der Waals surface area contributed by atoms with Crippen LogP contribution in [0.4, 0.5) is 4.39 Å². The van der Waals surface area contributed by atoms with Gasteiger partial charge in [-0.2, -0.15) is 0 Å². The Morgan fingerprint density at radius 1 is 1.48 bits per heavy atom. The van der Waals surface area contributed by atoms with Gasteiger partial charge in [0.25, 0.3) is 0 Å². The van der Waals surface area contributed by atoms with Crippen LogP contribution in [0.3, 0.4) is 0 Å². The molecule has 0 radical (unpaired) electrons. The standard InChI is InChI=1S/C14H21FN2O3S/c1-17(9-11-4-3-7-20-10-11)21(18,19)14-6-2-5-13(15)12(14)8-16/h2,5-6,11H,3-4,7-10,16H2,1H3. The molecule has 1 fully saturated rings. The molecule has 1 aliphatic heterocycles. The quantitative estimate of drug-likeness (QED) is 0.889. The third-order valence-electron chi connectivity index (χ3n) is 3.74. The molecule has 5 nitrogen and oxygen atoms in total. The van der Waals surface area contributed by atoms with Gasteiger partial charge in [-0.05, 0) is 30.9 Å². The van der Waals surface area contributed by atoms with Crippen LogP contribution in [0.15, 0.2) is 23.1 Å². The Morgan fingerprint density at radius 2 is 2.24 bits per heavy atom. The first kappa shape index (κ1) is 16.4. The van der Waals surface area contributed by atoms with Gasteiger partial charge in [0.15, 0.2) is 0 Å². The lowest BCUT2D eigenvalue weighted by Gasteiger charge is -2.27. The molecule has 0 amide bonds. The molecule has 2 rings (SSSR count). The van der Waals surface area contributed by atoms with Gasteiger partial charge >= 0.3 is 0 Å². The molecule has 1 aromatic rings. The second-order valence-electron chi connectivity index (χ2n) is 5.29. The fraction of sp³-hybridized carbons (Fsp3) is 0.571. The van der Waals surface area contributed by atoms with Gasteiger partial charge in [0.1, 0.15) is 5.82 Å². The average Bonchev–Trinajstić information content (AvgIpc) is 2.48. The number of sulfonamides is 1. The van der Waals surface area contributed by atoms with E-state index in [-0.39, 0.29) is 22.9 Å². The molecule has 1 unspecified atom stereocenters. The molecule has 0 aromatic heterocycles. The first-order valence-electron chi connectivity index (χ1n) is 6.98. The second kappa shape index (κ2) is 6.83. The molecular weight excluding hydrogens is 295 g/mol. The Morgan fingerprint density at radius 3 is 2.86 bits per heavy atom. The maximum absolute atomic E-state index is 13.7. The Balaban J connectivity index is 2.22. The van der Waals surface area contributed by atoms with Crippen molar-refractivity contribution in [3.8, 4) is 0 Å². The minimum Gasteiger partial charge on any atom is -0.381 e. The van der Waals surface area contributed by atoms with Crippen molar-refractivity contribution in [3.05, 3.63) is 29.6 Å². The summed E-state index contributed by atoms with van der Waals surface area (Å²) in [5.41, 5.74) is 5.52. The molecule has 0 spiro atoms. The molecular formula is C14H21FN2O3S. The predicted molar refractivity (Wildman–Crippen MR) is 77.7 cm³/mol. The summed E-state index contributed by atoms with van der Waals surface area (Å²) < 4.78 is 45.5. The van der Waals surface area contributed by atoms with Gasteiger partial charge in [0.05, 0.1) is 11.5 Å². The predicted octanol–water partition coefficient (Wildman–Crippen LogP) is 1.33. The number of ether oxygens (including phenoxy) is 1. The number of benzene rings is 1. The van der Waals surface area contributed by atoms with Gasteiger partial charge in [0.2, 0.25) is 10.0 Å². The Kier molecular flexibility index (Phi) is 5.32. The molecule has 1 aromatic carbocycles. The summed E-state index contributed by atoms with van der Waals surface area (Å²) in [5, 5.41) is 0. The van der Waals surface area contributed by atoms with Crippen molar-refractivity contribution >= 4 is 10.0 Å². The highest BCUT2D eigenvalue weighted by molar-refractivity contribution is 7.89. The maximum Gasteiger partial charge on any atom is 0.243 e. The molecule has 1 atom stereocenters. The molecule has 1 saturated heterocycles. The summed E-state index contributed by atoms with van der Waals surface area (Å²) in [7, 11) is -2.24. The van der Waals surface area contributed by atoms with Crippen molar-refractivity contribution in [1.82, 2.24) is 4.31 Å².